The van der Waals surface area contributed by atoms with Crippen molar-refractivity contribution in [1.29, 1.82) is 0 Å². The van der Waals surface area contributed by atoms with Crippen molar-refractivity contribution in [3.8, 4) is 0 Å². The van der Waals surface area contributed by atoms with Crippen LogP contribution in [0.3, 0.4) is 0 Å². The molecule has 2 amide bonds. The Morgan fingerprint density at radius 1 is 1.16 bits per heavy atom. The number of nitrogens with one attached hydrogen (secondary N) is 2. The summed E-state index contributed by atoms with van der Waals surface area (Å²) in [6.45, 7) is 3.82. The molecule has 1 atom stereocenters. The Morgan fingerprint density at radius 2 is 1.97 bits per heavy atom. The van der Waals surface area contributed by atoms with Gasteiger partial charge in [0.1, 0.15) is 11.4 Å². The van der Waals surface area contributed by atoms with Gasteiger partial charge in [-0.2, -0.15) is 5.10 Å². The average Bonchev–Trinajstić information content (AvgIpc) is 3.44. The van der Waals surface area contributed by atoms with Gasteiger partial charge in [0, 0.05) is 32.7 Å². The molecule has 192 valence electrons. The van der Waals surface area contributed by atoms with Gasteiger partial charge in [0.15, 0.2) is 17.0 Å². The summed E-state index contributed by atoms with van der Waals surface area (Å²) in [6.07, 6.45) is 3.25. The largest absolute Gasteiger partial charge is 0.419 e. The summed E-state index contributed by atoms with van der Waals surface area (Å²) in [7, 11) is 1.60. The molecule has 0 aliphatic carbocycles. The number of carbonyl (C=O) groups excluding carboxylic acids is 2. The smallest absolute Gasteiger partial charge is 0.408 e. The molecule has 0 unspecified atom stereocenters. The number of benzene rings is 1. The average molecular weight is 508 g/mol. The van der Waals surface area contributed by atoms with Gasteiger partial charge >= 0.3 is 5.76 Å². The molecule has 3 aliphatic rings. The van der Waals surface area contributed by atoms with E-state index < -0.39 is 23.4 Å². The van der Waals surface area contributed by atoms with E-state index >= 15 is 0 Å². The second kappa shape index (κ2) is 9.11. The molecule has 1 aromatic carbocycles. The van der Waals surface area contributed by atoms with Crippen LogP contribution < -0.4 is 16.4 Å². The molecule has 2 bridgehead atoms. The van der Waals surface area contributed by atoms with Gasteiger partial charge in [-0.25, -0.2) is 18.7 Å². The fraction of sp³-hybridized carbons (Fsp3) is 0.400. The number of rotatable bonds is 6. The summed E-state index contributed by atoms with van der Waals surface area (Å²) in [5, 5.41) is 9.65. The minimum atomic E-state index is -0.729. The quantitative estimate of drug-likeness (QED) is 0.403. The summed E-state index contributed by atoms with van der Waals surface area (Å²) in [5.74, 6) is -1.26. The van der Waals surface area contributed by atoms with Crippen LogP contribution in [0.15, 0.2) is 39.7 Å². The molecule has 11 nitrogen and oxygen atoms in total. The van der Waals surface area contributed by atoms with E-state index in [1.165, 1.54) is 10.6 Å². The van der Waals surface area contributed by atoms with E-state index in [4.69, 9.17) is 4.42 Å². The molecule has 0 spiro atoms. The monoisotopic (exact) mass is 507 g/mol. The summed E-state index contributed by atoms with van der Waals surface area (Å²) in [5.41, 5.74) is 1.51. The Labute approximate surface area is 210 Å². The van der Waals surface area contributed by atoms with Crippen LogP contribution in [0.4, 0.5) is 4.39 Å². The Balaban J connectivity index is 1.20. The third-order valence-corrected chi connectivity index (χ3v) is 7.52. The molecule has 3 aromatic heterocycles. The molecule has 7 rings (SSSR count). The third-order valence-electron chi connectivity index (χ3n) is 7.52. The van der Waals surface area contributed by atoms with Gasteiger partial charge in [0.05, 0.1) is 11.7 Å². The maximum absolute atomic E-state index is 14.4. The van der Waals surface area contributed by atoms with Crippen LogP contribution in [0.5, 0.6) is 0 Å². The second-order valence-electron chi connectivity index (χ2n) is 9.77. The highest BCUT2D eigenvalue weighted by Crippen LogP contribution is 2.31. The molecule has 0 radical (unpaired) electrons. The van der Waals surface area contributed by atoms with E-state index in [1.54, 1.807) is 25.2 Å². The van der Waals surface area contributed by atoms with E-state index in [-0.39, 0.29) is 23.6 Å². The molecule has 2 N–H and O–H groups in total. The van der Waals surface area contributed by atoms with Gasteiger partial charge < -0.3 is 20.0 Å². The Hall–Kier alpha value is -4.06. The zero-order chi connectivity index (χ0) is 25.7. The minimum Gasteiger partial charge on any atom is -0.408 e. The predicted molar refractivity (Wildman–Crippen MR) is 131 cm³/mol. The van der Waals surface area contributed by atoms with Crippen molar-refractivity contribution >= 4 is 28.6 Å². The highest BCUT2D eigenvalue weighted by molar-refractivity contribution is 5.98. The molecule has 37 heavy (non-hydrogen) atoms. The van der Waals surface area contributed by atoms with Crippen molar-refractivity contribution in [2.75, 3.05) is 26.2 Å². The zero-order valence-electron chi connectivity index (χ0n) is 20.2. The van der Waals surface area contributed by atoms with Crippen LogP contribution in [-0.4, -0.2) is 62.1 Å². The Morgan fingerprint density at radius 3 is 2.73 bits per heavy atom. The molecule has 3 aliphatic heterocycles. The normalized spacial score (nSPS) is 21.0. The van der Waals surface area contributed by atoms with Gasteiger partial charge in [-0.15, -0.1) is 0 Å². The highest BCUT2D eigenvalue weighted by atomic mass is 19.1. The van der Waals surface area contributed by atoms with Gasteiger partial charge in [-0.05, 0) is 55.5 Å². The number of aryl methyl sites for hydroxylation is 1. The second-order valence-corrected chi connectivity index (χ2v) is 9.77. The van der Waals surface area contributed by atoms with Crippen molar-refractivity contribution in [2.24, 2.45) is 18.9 Å². The van der Waals surface area contributed by atoms with Gasteiger partial charge in [0.25, 0.3) is 11.8 Å². The van der Waals surface area contributed by atoms with E-state index in [0.29, 0.717) is 29.5 Å². The molecular formula is C25H26FN7O4. The van der Waals surface area contributed by atoms with Crippen molar-refractivity contribution in [2.45, 2.75) is 19.4 Å². The van der Waals surface area contributed by atoms with E-state index in [9.17, 15) is 18.8 Å². The summed E-state index contributed by atoms with van der Waals surface area (Å²) >= 11 is 0. The SMILES string of the molecule is Cn1c(=O)oc2ccc(CNC(=O)c3cc(C(=O)NC[C@H]4CN5CCC4CC5)n4ncc(F)c4n3)cc21. The van der Waals surface area contributed by atoms with E-state index in [1.807, 2.05) is 0 Å². The Bertz CT molecular complexity index is 1580. The number of hydrogen-bond acceptors (Lipinski definition) is 7. The molecule has 0 saturated carbocycles. The van der Waals surface area contributed by atoms with Crippen molar-refractivity contribution in [3.63, 3.8) is 0 Å². The standard InChI is InChI=1S/C25H26FN7O4/c1-31-19-8-14(2-3-21(19)37-25(31)36)10-27-23(34)18-9-20(33-22(30-18)17(26)12-29-33)24(35)28-11-16-13-32-6-4-15(16)5-7-32/h2-3,8-9,12,15-16H,4-7,10-11,13H2,1H3,(H,27,34)(H,28,35)/t16-/m0/s1. The fourth-order valence-corrected chi connectivity index (χ4v) is 5.40. The number of oxazole rings is 1. The molecule has 4 aromatic rings. The fourth-order valence-electron chi connectivity index (χ4n) is 5.40. The third kappa shape index (κ3) is 4.26. The lowest BCUT2D eigenvalue weighted by Crippen LogP contribution is -2.50. The molecule has 3 saturated heterocycles. The maximum Gasteiger partial charge on any atom is 0.419 e. The lowest BCUT2D eigenvalue weighted by Gasteiger charge is -2.44. The first-order valence-electron chi connectivity index (χ1n) is 12.3. The van der Waals surface area contributed by atoms with Crippen molar-refractivity contribution in [3.05, 3.63) is 63.8 Å². The van der Waals surface area contributed by atoms with Crippen LogP contribution in [0, 0.1) is 17.7 Å². The Kier molecular flexibility index (Phi) is 5.75. The minimum absolute atomic E-state index is 0.0372. The lowest BCUT2D eigenvalue weighted by atomic mass is 9.79. The number of aromatic nitrogens is 4. The summed E-state index contributed by atoms with van der Waals surface area (Å²) in [6, 6.07) is 6.44. The van der Waals surface area contributed by atoms with Gasteiger partial charge in [-0.3, -0.25) is 14.2 Å². The van der Waals surface area contributed by atoms with Crippen molar-refractivity contribution < 1.29 is 18.4 Å². The molecule has 12 heteroatoms. The van der Waals surface area contributed by atoms with Crippen LogP contribution in [0.25, 0.3) is 16.7 Å². The molecular weight excluding hydrogens is 481 g/mol. The number of halogens is 1. The number of amides is 2. The molecule has 3 fully saturated rings. The number of carbonyl (C=O) groups is 2. The first-order valence-corrected chi connectivity index (χ1v) is 12.3. The number of piperidine rings is 3. The number of fused-ring (bicyclic) bond motifs is 5. The summed E-state index contributed by atoms with van der Waals surface area (Å²) in [4.78, 5) is 44.3. The van der Waals surface area contributed by atoms with Crippen LogP contribution >= 0.6 is 0 Å². The summed E-state index contributed by atoms with van der Waals surface area (Å²) < 4.78 is 22.0. The van der Waals surface area contributed by atoms with Crippen molar-refractivity contribution in [1.82, 2.24) is 34.7 Å². The van der Waals surface area contributed by atoms with Crippen LogP contribution in [-0.2, 0) is 13.6 Å². The zero-order valence-corrected chi connectivity index (χ0v) is 20.2. The van der Waals surface area contributed by atoms with Crippen LogP contribution in [0.2, 0.25) is 0 Å². The maximum atomic E-state index is 14.4. The van der Waals surface area contributed by atoms with E-state index in [0.717, 1.165) is 48.8 Å². The molecule has 6 heterocycles. The van der Waals surface area contributed by atoms with E-state index in [2.05, 4.69) is 25.6 Å². The first-order chi connectivity index (χ1) is 17.9. The number of hydrogen-bond donors (Lipinski definition) is 2. The first kappa shape index (κ1) is 23.3. The number of nitrogens with zero attached hydrogens (tertiary/aromatic N) is 5. The van der Waals surface area contributed by atoms with Gasteiger partial charge in [0.2, 0.25) is 0 Å². The highest BCUT2D eigenvalue weighted by Gasteiger charge is 2.34. The topological polar surface area (TPSA) is 127 Å². The predicted octanol–water partition coefficient (Wildman–Crippen LogP) is 1.31. The van der Waals surface area contributed by atoms with Crippen LogP contribution in [0.1, 0.15) is 39.4 Å². The van der Waals surface area contributed by atoms with Gasteiger partial charge in [-0.1, -0.05) is 6.07 Å². The lowest BCUT2D eigenvalue weighted by molar-refractivity contribution is 0.0495.